The molecular weight excluding hydrogens is 206 g/mol. The first-order chi connectivity index (χ1) is 7.65. The summed E-state index contributed by atoms with van der Waals surface area (Å²) in [6.07, 6.45) is 0.913. The quantitative estimate of drug-likeness (QED) is 0.774. The van der Waals surface area contributed by atoms with Crippen molar-refractivity contribution in [2.45, 2.75) is 19.9 Å². The van der Waals surface area contributed by atoms with Crippen LogP contribution in [0.2, 0.25) is 0 Å². The van der Waals surface area contributed by atoms with Gasteiger partial charge in [0.05, 0.1) is 5.69 Å². The van der Waals surface area contributed by atoms with Crippen molar-refractivity contribution in [3.05, 3.63) is 5.69 Å². The molecule has 0 saturated carbocycles. The predicted molar refractivity (Wildman–Crippen MR) is 62.1 cm³/mol. The van der Waals surface area contributed by atoms with Gasteiger partial charge in [0.1, 0.15) is 5.52 Å². The van der Waals surface area contributed by atoms with E-state index in [4.69, 9.17) is 10.5 Å². The van der Waals surface area contributed by atoms with Crippen molar-refractivity contribution < 1.29 is 4.74 Å². The highest BCUT2D eigenvalue weighted by Gasteiger charge is 2.14. The highest BCUT2D eigenvalue weighted by atomic mass is 16.5. The molecular formula is C10H17N5O. The molecule has 16 heavy (non-hydrogen) atoms. The maximum absolute atomic E-state index is 5.89. The van der Waals surface area contributed by atoms with Crippen LogP contribution in [0, 0.1) is 6.92 Å². The van der Waals surface area contributed by atoms with E-state index in [-0.39, 0.29) is 0 Å². The fourth-order valence-electron chi connectivity index (χ4n) is 1.94. The van der Waals surface area contributed by atoms with E-state index in [0.29, 0.717) is 5.95 Å². The number of ether oxygens (including phenoxy) is 1. The maximum atomic E-state index is 5.89. The van der Waals surface area contributed by atoms with Gasteiger partial charge < -0.3 is 10.5 Å². The molecule has 2 N–H and O–H groups in total. The van der Waals surface area contributed by atoms with Crippen LogP contribution in [0.15, 0.2) is 0 Å². The van der Waals surface area contributed by atoms with Crippen molar-refractivity contribution in [2.24, 2.45) is 7.05 Å². The molecule has 0 unspecified atom stereocenters. The lowest BCUT2D eigenvalue weighted by atomic mass is 10.4. The van der Waals surface area contributed by atoms with E-state index in [1.165, 1.54) is 0 Å². The van der Waals surface area contributed by atoms with Crippen molar-refractivity contribution >= 4 is 17.1 Å². The summed E-state index contributed by atoms with van der Waals surface area (Å²) >= 11 is 0. The Labute approximate surface area is 94.0 Å². The first-order valence-corrected chi connectivity index (χ1v) is 5.29. The van der Waals surface area contributed by atoms with Crippen LogP contribution in [0.3, 0.4) is 0 Å². The Kier molecular flexibility index (Phi) is 2.82. The SMILES string of the molecule is COCCCn1c(N)nc2c(C)nn(C)c21. The third kappa shape index (κ3) is 1.65. The van der Waals surface area contributed by atoms with Gasteiger partial charge in [-0.1, -0.05) is 0 Å². The second-order valence-corrected chi connectivity index (χ2v) is 3.85. The second kappa shape index (κ2) is 4.13. The fourth-order valence-corrected chi connectivity index (χ4v) is 1.94. The van der Waals surface area contributed by atoms with Crippen molar-refractivity contribution in [3.8, 4) is 0 Å². The van der Waals surface area contributed by atoms with E-state index in [9.17, 15) is 0 Å². The fraction of sp³-hybridized carbons (Fsp3) is 0.600. The van der Waals surface area contributed by atoms with E-state index in [2.05, 4.69) is 10.1 Å². The molecule has 2 aromatic rings. The number of nitrogens with zero attached hydrogens (tertiary/aromatic N) is 4. The minimum Gasteiger partial charge on any atom is -0.385 e. The monoisotopic (exact) mass is 223 g/mol. The zero-order valence-corrected chi connectivity index (χ0v) is 9.90. The Morgan fingerprint density at radius 3 is 2.88 bits per heavy atom. The molecule has 0 atom stereocenters. The van der Waals surface area contributed by atoms with E-state index < -0.39 is 0 Å². The molecule has 2 rings (SSSR count). The van der Waals surface area contributed by atoms with Gasteiger partial charge in [-0.15, -0.1) is 0 Å². The molecule has 2 heterocycles. The molecule has 0 bridgehead atoms. The highest BCUT2D eigenvalue weighted by molar-refractivity contribution is 5.77. The second-order valence-electron chi connectivity index (χ2n) is 3.85. The molecule has 0 aliphatic carbocycles. The van der Waals surface area contributed by atoms with Crippen LogP contribution in [0.5, 0.6) is 0 Å². The number of fused-ring (bicyclic) bond motifs is 1. The summed E-state index contributed by atoms with van der Waals surface area (Å²) in [6, 6.07) is 0. The van der Waals surface area contributed by atoms with Gasteiger partial charge in [-0.2, -0.15) is 5.10 Å². The van der Waals surface area contributed by atoms with Crippen molar-refractivity contribution in [1.29, 1.82) is 0 Å². The first kappa shape index (κ1) is 10.9. The molecule has 0 aromatic carbocycles. The van der Waals surface area contributed by atoms with Crippen molar-refractivity contribution in [3.63, 3.8) is 0 Å². The van der Waals surface area contributed by atoms with Gasteiger partial charge in [-0.05, 0) is 13.3 Å². The summed E-state index contributed by atoms with van der Waals surface area (Å²) < 4.78 is 8.83. The molecule has 0 amide bonds. The van der Waals surface area contributed by atoms with Gasteiger partial charge in [-0.3, -0.25) is 9.25 Å². The van der Waals surface area contributed by atoms with Crippen molar-refractivity contribution in [1.82, 2.24) is 19.3 Å². The Morgan fingerprint density at radius 1 is 1.44 bits per heavy atom. The Morgan fingerprint density at radius 2 is 2.19 bits per heavy atom. The molecule has 88 valence electrons. The largest absolute Gasteiger partial charge is 0.385 e. The topological polar surface area (TPSA) is 70.9 Å². The summed E-state index contributed by atoms with van der Waals surface area (Å²) in [4.78, 5) is 4.33. The molecule has 0 radical (unpaired) electrons. The molecule has 2 aromatic heterocycles. The summed E-state index contributed by atoms with van der Waals surface area (Å²) in [5, 5.41) is 4.33. The van der Waals surface area contributed by atoms with E-state index >= 15 is 0 Å². The van der Waals surface area contributed by atoms with Gasteiger partial charge in [0.2, 0.25) is 5.95 Å². The lowest BCUT2D eigenvalue weighted by molar-refractivity contribution is 0.190. The zero-order valence-electron chi connectivity index (χ0n) is 9.90. The average molecular weight is 223 g/mol. The lowest BCUT2D eigenvalue weighted by Crippen LogP contribution is -2.08. The molecule has 6 nitrogen and oxygen atoms in total. The van der Waals surface area contributed by atoms with Crippen LogP contribution in [0.1, 0.15) is 12.1 Å². The van der Waals surface area contributed by atoms with E-state index in [0.717, 1.165) is 36.4 Å². The summed E-state index contributed by atoms with van der Waals surface area (Å²) in [7, 11) is 3.60. The molecule has 6 heteroatoms. The number of hydrogen-bond acceptors (Lipinski definition) is 4. The van der Waals surface area contributed by atoms with Crippen LogP contribution in [0.4, 0.5) is 5.95 Å². The summed E-state index contributed by atoms with van der Waals surface area (Å²) in [6.45, 7) is 3.46. The number of hydrogen-bond donors (Lipinski definition) is 1. The maximum Gasteiger partial charge on any atom is 0.202 e. The van der Waals surface area contributed by atoms with Gasteiger partial charge >= 0.3 is 0 Å². The van der Waals surface area contributed by atoms with Gasteiger partial charge in [0, 0.05) is 27.3 Å². The summed E-state index contributed by atoms with van der Waals surface area (Å²) in [5.74, 6) is 0.544. The molecule has 0 saturated heterocycles. The van der Waals surface area contributed by atoms with Crippen molar-refractivity contribution in [2.75, 3.05) is 19.5 Å². The number of nitrogen functional groups attached to an aromatic ring is 1. The number of methoxy groups -OCH3 is 1. The number of nitrogens with two attached hydrogens (primary N) is 1. The summed E-state index contributed by atoms with van der Waals surface area (Å²) in [5.41, 5.74) is 8.66. The standard InChI is InChI=1S/C10H17N5O/c1-7-8-9(14(2)13-7)15(10(11)12-8)5-4-6-16-3/h4-6H2,1-3H3,(H2,11,12). The third-order valence-corrected chi connectivity index (χ3v) is 2.65. The Bertz CT molecular complexity index is 499. The van der Waals surface area contributed by atoms with E-state index in [1.54, 1.807) is 7.11 Å². The number of anilines is 1. The van der Waals surface area contributed by atoms with Crippen LogP contribution < -0.4 is 5.73 Å². The Hall–Kier alpha value is -1.56. The molecule has 0 spiro atoms. The molecule has 0 fully saturated rings. The number of aromatic nitrogens is 4. The minimum absolute atomic E-state index is 0.544. The number of aryl methyl sites for hydroxylation is 3. The zero-order chi connectivity index (χ0) is 11.7. The normalized spacial score (nSPS) is 11.4. The van der Waals surface area contributed by atoms with Crippen LogP contribution in [-0.4, -0.2) is 33.0 Å². The van der Waals surface area contributed by atoms with Gasteiger partial charge in [-0.25, -0.2) is 4.98 Å². The molecule has 0 aliphatic heterocycles. The third-order valence-electron chi connectivity index (χ3n) is 2.65. The lowest BCUT2D eigenvalue weighted by Gasteiger charge is -2.05. The van der Waals surface area contributed by atoms with Gasteiger partial charge in [0.15, 0.2) is 5.65 Å². The average Bonchev–Trinajstić information content (AvgIpc) is 2.69. The highest BCUT2D eigenvalue weighted by Crippen LogP contribution is 2.20. The van der Waals surface area contributed by atoms with Gasteiger partial charge in [0.25, 0.3) is 0 Å². The number of imidazole rings is 1. The predicted octanol–water partition coefficient (Wildman–Crippen LogP) is 0.697. The Balaban J connectivity index is 2.38. The first-order valence-electron chi connectivity index (χ1n) is 5.29. The minimum atomic E-state index is 0.544. The molecule has 0 aliphatic rings. The number of rotatable bonds is 4. The van der Waals surface area contributed by atoms with Crippen LogP contribution >= 0.6 is 0 Å². The van der Waals surface area contributed by atoms with Crippen LogP contribution in [-0.2, 0) is 18.3 Å². The van der Waals surface area contributed by atoms with E-state index in [1.807, 2.05) is 23.2 Å². The van der Waals surface area contributed by atoms with Crippen LogP contribution in [0.25, 0.3) is 11.2 Å². The smallest absolute Gasteiger partial charge is 0.202 e.